The third kappa shape index (κ3) is 3.47. The van der Waals surface area contributed by atoms with Crippen LogP contribution in [-0.2, 0) is 20.4 Å². The summed E-state index contributed by atoms with van der Waals surface area (Å²) in [5.74, 6) is -0.170. The summed E-state index contributed by atoms with van der Waals surface area (Å²) in [7, 11) is -1.83. The molecule has 0 spiro atoms. The maximum Gasteiger partial charge on any atom is 0.250 e. The lowest BCUT2D eigenvalue weighted by Crippen LogP contribution is -2.48. The SMILES string of the molecule is CC[C@](C(=O)NC)(c1ccc(Cl)cc1)n1ccc2c(NS(C)(=O)=O)cccc21. The van der Waals surface area contributed by atoms with E-state index < -0.39 is 15.6 Å². The summed E-state index contributed by atoms with van der Waals surface area (Å²) in [5, 5.41) is 4.07. The lowest BCUT2D eigenvalue weighted by molar-refractivity contribution is -0.127. The van der Waals surface area contributed by atoms with Crippen LogP contribution < -0.4 is 10.0 Å². The second-order valence-corrected chi connectivity index (χ2v) is 8.78. The molecule has 3 rings (SSSR count). The zero-order chi connectivity index (χ0) is 20.5. The molecule has 0 unspecified atom stereocenters. The zero-order valence-corrected chi connectivity index (χ0v) is 17.4. The number of anilines is 1. The number of carbonyl (C=O) groups is 1. The first-order valence-electron chi connectivity index (χ1n) is 8.79. The van der Waals surface area contributed by atoms with Gasteiger partial charge in [-0.05, 0) is 42.3 Å². The molecule has 1 amide bonds. The normalized spacial score (nSPS) is 13.9. The predicted molar refractivity (Wildman–Crippen MR) is 113 cm³/mol. The Morgan fingerprint density at radius 2 is 1.82 bits per heavy atom. The molecule has 0 aliphatic carbocycles. The summed E-state index contributed by atoms with van der Waals surface area (Å²) in [6, 6.07) is 14.3. The fourth-order valence-electron chi connectivity index (χ4n) is 3.64. The van der Waals surface area contributed by atoms with Crippen LogP contribution in [0, 0.1) is 0 Å². The van der Waals surface area contributed by atoms with Gasteiger partial charge in [-0.25, -0.2) is 8.42 Å². The fourth-order valence-corrected chi connectivity index (χ4v) is 4.34. The van der Waals surface area contributed by atoms with E-state index in [1.165, 1.54) is 0 Å². The first-order chi connectivity index (χ1) is 13.2. The first kappa shape index (κ1) is 20.2. The number of halogens is 1. The van der Waals surface area contributed by atoms with Crippen molar-refractivity contribution in [2.24, 2.45) is 0 Å². The van der Waals surface area contributed by atoms with Crippen molar-refractivity contribution in [3.8, 4) is 0 Å². The molecule has 1 atom stereocenters. The Morgan fingerprint density at radius 3 is 2.39 bits per heavy atom. The number of aromatic nitrogens is 1. The fraction of sp³-hybridized carbons (Fsp3) is 0.250. The van der Waals surface area contributed by atoms with Crippen molar-refractivity contribution in [2.75, 3.05) is 18.0 Å². The highest BCUT2D eigenvalue weighted by Gasteiger charge is 2.40. The van der Waals surface area contributed by atoms with E-state index in [0.717, 1.165) is 17.3 Å². The molecule has 3 aromatic rings. The van der Waals surface area contributed by atoms with Gasteiger partial charge in [-0.15, -0.1) is 0 Å². The van der Waals surface area contributed by atoms with Crippen molar-refractivity contribution in [1.82, 2.24) is 9.88 Å². The molecule has 0 saturated carbocycles. The number of benzene rings is 2. The minimum atomic E-state index is -3.43. The number of hydrogen-bond acceptors (Lipinski definition) is 3. The van der Waals surface area contributed by atoms with Crippen molar-refractivity contribution in [2.45, 2.75) is 18.9 Å². The molecule has 1 heterocycles. The number of sulfonamides is 1. The molecule has 28 heavy (non-hydrogen) atoms. The van der Waals surface area contributed by atoms with E-state index in [-0.39, 0.29) is 5.91 Å². The summed E-state index contributed by atoms with van der Waals surface area (Å²) in [4.78, 5) is 13.1. The lowest BCUT2D eigenvalue weighted by atomic mass is 9.85. The summed E-state index contributed by atoms with van der Waals surface area (Å²) >= 11 is 6.05. The number of amides is 1. The van der Waals surface area contributed by atoms with Gasteiger partial charge in [0.1, 0.15) is 5.54 Å². The quantitative estimate of drug-likeness (QED) is 0.641. The Hall–Kier alpha value is -2.51. The Bertz CT molecular complexity index is 1120. The zero-order valence-electron chi connectivity index (χ0n) is 15.9. The largest absolute Gasteiger partial charge is 0.357 e. The van der Waals surface area contributed by atoms with Gasteiger partial charge in [0, 0.05) is 23.7 Å². The molecule has 8 heteroatoms. The molecule has 0 bridgehead atoms. The molecule has 6 nitrogen and oxygen atoms in total. The highest BCUT2D eigenvalue weighted by atomic mass is 35.5. The lowest BCUT2D eigenvalue weighted by Gasteiger charge is -2.34. The van der Waals surface area contributed by atoms with Gasteiger partial charge in [0.15, 0.2) is 0 Å². The van der Waals surface area contributed by atoms with E-state index in [1.54, 1.807) is 31.3 Å². The smallest absolute Gasteiger partial charge is 0.250 e. The van der Waals surface area contributed by atoms with Crippen LogP contribution in [-0.4, -0.2) is 32.2 Å². The third-order valence-corrected chi connectivity index (χ3v) is 5.72. The summed E-state index contributed by atoms with van der Waals surface area (Å²) < 4.78 is 27.9. The van der Waals surface area contributed by atoms with E-state index in [4.69, 9.17) is 11.6 Å². The molecule has 2 aromatic carbocycles. The Balaban J connectivity index is 2.30. The molecule has 2 N–H and O–H groups in total. The van der Waals surface area contributed by atoms with Crippen LogP contribution in [0.1, 0.15) is 18.9 Å². The first-order valence-corrected chi connectivity index (χ1v) is 11.1. The van der Waals surface area contributed by atoms with E-state index in [9.17, 15) is 13.2 Å². The number of nitrogens with zero attached hydrogens (tertiary/aromatic N) is 1. The molecular formula is C20H22ClN3O3S. The monoisotopic (exact) mass is 419 g/mol. The van der Waals surface area contributed by atoms with Gasteiger partial charge in [0.25, 0.3) is 5.91 Å². The van der Waals surface area contributed by atoms with Crippen molar-refractivity contribution >= 4 is 44.1 Å². The second kappa shape index (κ2) is 7.48. The van der Waals surface area contributed by atoms with E-state index >= 15 is 0 Å². The van der Waals surface area contributed by atoms with E-state index in [0.29, 0.717) is 22.5 Å². The van der Waals surface area contributed by atoms with Crippen molar-refractivity contribution in [3.05, 3.63) is 65.3 Å². The standard InChI is InChI=1S/C20H22ClN3O3S/c1-4-20(19(25)22-2,14-8-10-15(21)11-9-14)24-13-12-16-17(23-28(3,26)27)6-5-7-18(16)24/h5-13,23H,4H2,1-3H3,(H,22,25)/t20-/m1/s1. The van der Waals surface area contributed by atoms with Gasteiger partial charge >= 0.3 is 0 Å². The molecular weight excluding hydrogens is 398 g/mol. The highest BCUT2D eigenvalue weighted by Crippen LogP contribution is 2.37. The Kier molecular flexibility index (Phi) is 5.41. The minimum absolute atomic E-state index is 0.170. The maximum absolute atomic E-state index is 13.1. The van der Waals surface area contributed by atoms with Gasteiger partial charge in [0.2, 0.25) is 10.0 Å². The Labute approximate surface area is 169 Å². The second-order valence-electron chi connectivity index (χ2n) is 6.60. The average molecular weight is 420 g/mol. The molecule has 0 aliphatic rings. The maximum atomic E-state index is 13.1. The number of carbonyl (C=O) groups excluding carboxylic acids is 1. The third-order valence-electron chi connectivity index (χ3n) is 4.88. The average Bonchev–Trinajstić information content (AvgIpc) is 3.08. The predicted octanol–water partition coefficient (Wildman–Crippen LogP) is 3.57. The van der Waals surface area contributed by atoms with Crippen molar-refractivity contribution in [1.29, 1.82) is 0 Å². The van der Waals surface area contributed by atoms with Gasteiger partial charge in [-0.2, -0.15) is 0 Å². The number of nitrogens with one attached hydrogen (secondary N) is 2. The van der Waals surface area contributed by atoms with Gasteiger partial charge in [0.05, 0.1) is 17.5 Å². The Morgan fingerprint density at radius 1 is 1.14 bits per heavy atom. The van der Waals surface area contributed by atoms with Crippen LogP contribution in [0.15, 0.2) is 54.7 Å². The van der Waals surface area contributed by atoms with Gasteiger partial charge in [-0.1, -0.05) is 36.7 Å². The summed E-state index contributed by atoms with van der Waals surface area (Å²) in [5.41, 5.74) is 0.994. The van der Waals surface area contributed by atoms with E-state index in [2.05, 4.69) is 10.0 Å². The van der Waals surface area contributed by atoms with Crippen molar-refractivity contribution in [3.63, 3.8) is 0 Å². The molecule has 0 radical (unpaired) electrons. The summed E-state index contributed by atoms with van der Waals surface area (Å²) in [6.45, 7) is 1.94. The molecule has 1 aromatic heterocycles. The highest BCUT2D eigenvalue weighted by molar-refractivity contribution is 7.92. The van der Waals surface area contributed by atoms with Gasteiger partial charge in [-0.3, -0.25) is 9.52 Å². The minimum Gasteiger partial charge on any atom is -0.357 e. The van der Waals surface area contributed by atoms with Crippen LogP contribution in [0.4, 0.5) is 5.69 Å². The topological polar surface area (TPSA) is 80.2 Å². The van der Waals surface area contributed by atoms with Gasteiger partial charge < -0.3 is 9.88 Å². The van der Waals surface area contributed by atoms with Crippen LogP contribution >= 0.6 is 11.6 Å². The van der Waals surface area contributed by atoms with Crippen LogP contribution in [0.25, 0.3) is 10.9 Å². The van der Waals surface area contributed by atoms with Crippen LogP contribution in [0.5, 0.6) is 0 Å². The molecule has 0 aliphatic heterocycles. The molecule has 148 valence electrons. The number of fused-ring (bicyclic) bond motifs is 1. The van der Waals surface area contributed by atoms with Crippen LogP contribution in [0.2, 0.25) is 5.02 Å². The molecule has 0 fully saturated rings. The van der Waals surface area contributed by atoms with E-state index in [1.807, 2.05) is 42.0 Å². The molecule has 0 saturated heterocycles. The van der Waals surface area contributed by atoms with Crippen molar-refractivity contribution < 1.29 is 13.2 Å². The summed E-state index contributed by atoms with van der Waals surface area (Å²) in [6.07, 6.45) is 3.41. The number of likely N-dealkylation sites (N-methyl/N-ethyl adjacent to an activating group) is 1. The number of hydrogen-bond donors (Lipinski definition) is 2. The number of rotatable bonds is 6. The van der Waals surface area contributed by atoms with Crippen LogP contribution in [0.3, 0.4) is 0 Å².